The Morgan fingerprint density at radius 2 is 2.14 bits per heavy atom. The van der Waals surface area contributed by atoms with E-state index in [0.29, 0.717) is 17.9 Å². The van der Waals surface area contributed by atoms with E-state index < -0.39 is 0 Å². The molecule has 1 aromatic heterocycles. The summed E-state index contributed by atoms with van der Waals surface area (Å²) in [4.78, 5) is 12.2. The van der Waals surface area contributed by atoms with Crippen molar-refractivity contribution in [2.45, 2.75) is 32.1 Å². The van der Waals surface area contributed by atoms with E-state index in [1.54, 1.807) is 11.8 Å². The molecule has 0 aliphatic carbocycles. The van der Waals surface area contributed by atoms with E-state index in [2.05, 4.69) is 24.7 Å². The summed E-state index contributed by atoms with van der Waals surface area (Å²) in [6, 6.07) is 9.49. The summed E-state index contributed by atoms with van der Waals surface area (Å²) in [7, 11) is 1.63. The van der Waals surface area contributed by atoms with Crippen molar-refractivity contribution in [3.63, 3.8) is 0 Å². The van der Waals surface area contributed by atoms with E-state index in [4.69, 9.17) is 4.74 Å². The van der Waals surface area contributed by atoms with Gasteiger partial charge in [0.15, 0.2) is 0 Å². The average molecular weight is 304 g/mol. The largest absolute Gasteiger partial charge is 0.497 e. The zero-order valence-electron chi connectivity index (χ0n) is 12.4. The molecular formula is C16H20N2O2S. The predicted octanol–water partition coefficient (Wildman–Crippen LogP) is 3.15. The Bertz CT molecular complexity index is 668. The van der Waals surface area contributed by atoms with Crippen LogP contribution >= 0.6 is 12.6 Å². The molecule has 2 rings (SSSR count). The van der Waals surface area contributed by atoms with Gasteiger partial charge in [-0.3, -0.25) is 4.79 Å². The summed E-state index contributed by atoms with van der Waals surface area (Å²) >= 11 is 4.25. The fourth-order valence-corrected chi connectivity index (χ4v) is 2.32. The number of nitrogens with zero attached hydrogens (tertiary/aromatic N) is 2. The third-order valence-corrected chi connectivity index (χ3v) is 3.65. The van der Waals surface area contributed by atoms with Crippen LogP contribution in [0.4, 0.5) is 0 Å². The van der Waals surface area contributed by atoms with Gasteiger partial charge < -0.3 is 4.74 Å². The van der Waals surface area contributed by atoms with Crippen molar-refractivity contribution in [1.82, 2.24) is 9.78 Å². The summed E-state index contributed by atoms with van der Waals surface area (Å²) in [6.45, 7) is 2.73. The van der Waals surface area contributed by atoms with Gasteiger partial charge in [0.25, 0.3) is 5.56 Å². The van der Waals surface area contributed by atoms with Gasteiger partial charge >= 0.3 is 0 Å². The molecule has 112 valence electrons. The molecular weight excluding hydrogens is 284 g/mol. The van der Waals surface area contributed by atoms with Crippen LogP contribution in [-0.2, 0) is 12.3 Å². The standard InChI is InChI=1S/C16H20N2O2S/c1-3-4-8-18-16(19)13(11-21)10-15(17-18)12-6-5-7-14(9-12)20-2/h5-7,9-10,21H,3-4,8,11H2,1-2H3. The monoisotopic (exact) mass is 304 g/mol. The maximum absolute atomic E-state index is 12.2. The van der Waals surface area contributed by atoms with Gasteiger partial charge in [0.05, 0.1) is 12.8 Å². The van der Waals surface area contributed by atoms with Gasteiger partial charge in [-0.05, 0) is 24.6 Å². The van der Waals surface area contributed by atoms with Gasteiger partial charge in [-0.1, -0.05) is 25.5 Å². The molecule has 2 aromatic rings. The number of benzene rings is 1. The van der Waals surface area contributed by atoms with Crippen LogP contribution in [-0.4, -0.2) is 16.9 Å². The Hall–Kier alpha value is -1.75. The number of hydrogen-bond acceptors (Lipinski definition) is 4. The second kappa shape index (κ2) is 7.31. The van der Waals surface area contributed by atoms with E-state index in [-0.39, 0.29) is 5.56 Å². The second-order valence-corrected chi connectivity index (χ2v) is 5.14. The van der Waals surface area contributed by atoms with Crippen molar-refractivity contribution >= 4 is 12.6 Å². The lowest BCUT2D eigenvalue weighted by molar-refractivity contribution is 0.415. The van der Waals surface area contributed by atoms with E-state index >= 15 is 0 Å². The molecule has 5 heteroatoms. The fraction of sp³-hybridized carbons (Fsp3) is 0.375. The van der Waals surface area contributed by atoms with Crippen molar-refractivity contribution in [1.29, 1.82) is 0 Å². The molecule has 0 aliphatic rings. The number of aromatic nitrogens is 2. The highest BCUT2D eigenvalue weighted by Crippen LogP contribution is 2.22. The Morgan fingerprint density at radius 3 is 2.81 bits per heavy atom. The molecule has 0 fully saturated rings. The number of thiol groups is 1. The summed E-state index contributed by atoms with van der Waals surface area (Å²) in [5, 5.41) is 4.48. The number of methoxy groups -OCH3 is 1. The zero-order chi connectivity index (χ0) is 15.2. The van der Waals surface area contributed by atoms with Crippen molar-refractivity contribution in [2.24, 2.45) is 0 Å². The molecule has 1 aromatic carbocycles. The van der Waals surface area contributed by atoms with Crippen LogP contribution in [0, 0.1) is 0 Å². The van der Waals surface area contributed by atoms with Gasteiger partial charge in [-0.25, -0.2) is 4.68 Å². The van der Waals surface area contributed by atoms with Gasteiger partial charge in [0, 0.05) is 23.4 Å². The highest BCUT2D eigenvalue weighted by atomic mass is 32.1. The van der Waals surface area contributed by atoms with Gasteiger partial charge in [-0.15, -0.1) is 0 Å². The average Bonchev–Trinajstić information content (AvgIpc) is 2.54. The molecule has 0 saturated heterocycles. The van der Waals surface area contributed by atoms with Gasteiger partial charge in [0.1, 0.15) is 5.75 Å². The van der Waals surface area contributed by atoms with Crippen LogP contribution in [0.1, 0.15) is 25.3 Å². The molecule has 0 radical (unpaired) electrons. The second-order valence-electron chi connectivity index (χ2n) is 4.83. The highest BCUT2D eigenvalue weighted by Gasteiger charge is 2.09. The Kier molecular flexibility index (Phi) is 5.44. The first-order valence-corrected chi connectivity index (χ1v) is 7.69. The van der Waals surface area contributed by atoms with Crippen molar-refractivity contribution in [3.05, 3.63) is 46.2 Å². The van der Waals surface area contributed by atoms with E-state index in [1.165, 1.54) is 0 Å². The SMILES string of the molecule is CCCCn1nc(-c2cccc(OC)c2)cc(CS)c1=O. The molecule has 0 atom stereocenters. The third-order valence-electron chi connectivity index (χ3n) is 3.31. The molecule has 0 spiro atoms. The minimum Gasteiger partial charge on any atom is -0.497 e. The molecule has 1 heterocycles. The molecule has 21 heavy (non-hydrogen) atoms. The summed E-state index contributed by atoms with van der Waals surface area (Å²) in [6.07, 6.45) is 1.95. The van der Waals surface area contributed by atoms with E-state index in [9.17, 15) is 4.79 Å². The first-order valence-electron chi connectivity index (χ1n) is 7.06. The van der Waals surface area contributed by atoms with E-state index in [0.717, 1.165) is 29.8 Å². The van der Waals surface area contributed by atoms with Crippen LogP contribution in [0.25, 0.3) is 11.3 Å². The topological polar surface area (TPSA) is 44.1 Å². The lowest BCUT2D eigenvalue weighted by atomic mass is 10.1. The van der Waals surface area contributed by atoms with Gasteiger partial charge in [-0.2, -0.15) is 17.7 Å². The Labute approximate surface area is 130 Å². The normalized spacial score (nSPS) is 10.6. The summed E-state index contributed by atoms with van der Waals surface area (Å²) in [5.74, 6) is 1.18. The van der Waals surface area contributed by atoms with Crippen molar-refractivity contribution in [3.8, 4) is 17.0 Å². The Balaban J connectivity index is 2.49. The van der Waals surface area contributed by atoms with Crippen LogP contribution in [0.3, 0.4) is 0 Å². The molecule has 0 unspecified atom stereocenters. The van der Waals surface area contributed by atoms with Crippen LogP contribution in [0.15, 0.2) is 35.1 Å². The molecule has 0 bridgehead atoms. The van der Waals surface area contributed by atoms with Crippen LogP contribution < -0.4 is 10.3 Å². The number of hydrogen-bond donors (Lipinski definition) is 1. The Morgan fingerprint density at radius 1 is 1.33 bits per heavy atom. The van der Waals surface area contributed by atoms with Crippen molar-refractivity contribution in [2.75, 3.05) is 7.11 Å². The number of ether oxygens (including phenoxy) is 1. The lowest BCUT2D eigenvalue weighted by Crippen LogP contribution is -2.26. The molecule has 0 saturated carbocycles. The third kappa shape index (κ3) is 3.67. The number of aryl methyl sites for hydroxylation is 1. The highest BCUT2D eigenvalue weighted by molar-refractivity contribution is 7.79. The predicted molar refractivity (Wildman–Crippen MR) is 88.1 cm³/mol. The zero-order valence-corrected chi connectivity index (χ0v) is 13.3. The first kappa shape index (κ1) is 15.6. The number of rotatable bonds is 6. The van der Waals surface area contributed by atoms with Crippen molar-refractivity contribution < 1.29 is 4.74 Å². The maximum Gasteiger partial charge on any atom is 0.270 e. The number of unbranched alkanes of at least 4 members (excludes halogenated alkanes) is 1. The van der Waals surface area contributed by atoms with Crippen LogP contribution in [0.2, 0.25) is 0 Å². The minimum absolute atomic E-state index is 0.0508. The lowest BCUT2D eigenvalue weighted by Gasteiger charge is -2.10. The smallest absolute Gasteiger partial charge is 0.270 e. The molecule has 0 amide bonds. The maximum atomic E-state index is 12.2. The van der Waals surface area contributed by atoms with Crippen LogP contribution in [0.5, 0.6) is 5.75 Å². The minimum atomic E-state index is -0.0508. The quantitative estimate of drug-likeness (QED) is 0.834. The fourth-order valence-electron chi connectivity index (χ4n) is 2.09. The first-order chi connectivity index (χ1) is 10.2. The molecule has 0 aliphatic heterocycles. The summed E-state index contributed by atoms with van der Waals surface area (Å²) in [5.41, 5.74) is 2.32. The van der Waals surface area contributed by atoms with E-state index in [1.807, 2.05) is 30.3 Å². The van der Waals surface area contributed by atoms with Gasteiger partial charge in [0.2, 0.25) is 0 Å². The molecule has 4 nitrogen and oxygen atoms in total. The molecule has 0 N–H and O–H groups in total. The summed E-state index contributed by atoms with van der Waals surface area (Å²) < 4.78 is 6.79.